The number of rotatable bonds is 6. The number of hydrogen-bond acceptors (Lipinski definition) is 4. The number of carbonyl (C=O) groups excluding carboxylic acids is 1. The molecule has 2 N–H and O–H groups in total. The second kappa shape index (κ2) is 6.27. The van der Waals surface area contributed by atoms with Crippen LogP contribution in [0.5, 0.6) is 0 Å². The molecule has 0 amide bonds. The van der Waals surface area contributed by atoms with Gasteiger partial charge in [0.05, 0.1) is 6.61 Å². The van der Waals surface area contributed by atoms with Crippen LogP contribution in [0.2, 0.25) is 0 Å². The molecule has 1 aromatic rings. The van der Waals surface area contributed by atoms with Gasteiger partial charge in [-0.05, 0) is 20.3 Å². The molecule has 0 radical (unpaired) electrons. The van der Waals surface area contributed by atoms with Crippen LogP contribution >= 0.6 is 0 Å². The van der Waals surface area contributed by atoms with Crippen molar-refractivity contribution in [2.75, 3.05) is 12.3 Å². The van der Waals surface area contributed by atoms with E-state index in [4.69, 9.17) is 10.5 Å². The van der Waals surface area contributed by atoms with E-state index >= 15 is 0 Å². The zero-order valence-corrected chi connectivity index (χ0v) is 10.8. The highest BCUT2D eigenvalue weighted by Crippen LogP contribution is 2.16. The Labute approximate surface area is 102 Å². The van der Waals surface area contributed by atoms with Gasteiger partial charge in [-0.25, -0.2) is 9.78 Å². The maximum absolute atomic E-state index is 11.6. The molecule has 5 heteroatoms. The minimum atomic E-state index is -0.442. The normalized spacial score (nSPS) is 10.5. The van der Waals surface area contributed by atoms with Crippen LogP contribution in [0.25, 0.3) is 0 Å². The highest BCUT2D eigenvalue weighted by molar-refractivity contribution is 5.92. The molecule has 0 aromatic carbocycles. The van der Waals surface area contributed by atoms with Gasteiger partial charge in [-0.2, -0.15) is 0 Å². The molecule has 0 spiro atoms. The highest BCUT2D eigenvalue weighted by Gasteiger charge is 2.19. The summed E-state index contributed by atoms with van der Waals surface area (Å²) in [6.07, 6.45) is 3.34. The summed E-state index contributed by atoms with van der Waals surface area (Å²) in [6.45, 7) is 6.90. The molecular weight excluding hydrogens is 218 g/mol. The first-order valence-corrected chi connectivity index (χ1v) is 6.11. The molecule has 1 heterocycles. The van der Waals surface area contributed by atoms with E-state index in [1.165, 1.54) is 0 Å². The average molecular weight is 239 g/mol. The SMILES string of the molecule is CCCCCn1c(C)nc(C(=O)OCC)c1N. The number of nitrogens with zero attached hydrogens (tertiary/aromatic N) is 2. The number of unbranched alkanes of at least 4 members (excludes halogenated alkanes) is 2. The van der Waals surface area contributed by atoms with Crippen molar-refractivity contribution in [1.82, 2.24) is 9.55 Å². The third kappa shape index (κ3) is 3.22. The average Bonchev–Trinajstić information content (AvgIpc) is 2.57. The number of aromatic nitrogens is 2. The van der Waals surface area contributed by atoms with Crippen LogP contribution in [-0.4, -0.2) is 22.1 Å². The van der Waals surface area contributed by atoms with Crippen molar-refractivity contribution in [3.8, 4) is 0 Å². The number of carbonyl (C=O) groups is 1. The molecule has 0 aliphatic carbocycles. The van der Waals surface area contributed by atoms with Gasteiger partial charge in [-0.15, -0.1) is 0 Å². The Balaban J connectivity index is 2.82. The summed E-state index contributed by atoms with van der Waals surface area (Å²) < 4.78 is 6.78. The lowest BCUT2D eigenvalue weighted by molar-refractivity contribution is 0.0521. The molecule has 0 aliphatic rings. The van der Waals surface area contributed by atoms with Gasteiger partial charge in [0.25, 0.3) is 0 Å². The maximum atomic E-state index is 11.6. The quantitative estimate of drug-likeness (QED) is 0.610. The number of anilines is 1. The van der Waals surface area contributed by atoms with Crippen LogP contribution in [0.1, 0.15) is 49.4 Å². The fraction of sp³-hybridized carbons (Fsp3) is 0.667. The van der Waals surface area contributed by atoms with Crippen molar-refractivity contribution in [2.45, 2.75) is 46.6 Å². The monoisotopic (exact) mass is 239 g/mol. The van der Waals surface area contributed by atoms with Gasteiger partial charge in [0, 0.05) is 6.54 Å². The zero-order valence-electron chi connectivity index (χ0n) is 10.8. The smallest absolute Gasteiger partial charge is 0.360 e. The molecular formula is C12H21N3O2. The van der Waals surface area contributed by atoms with E-state index in [2.05, 4.69) is 11.9 Å². The lowest BCUT2D eigenvalue weighted by Crippen LogP contribution is -2.10. The number of aryl methyl sites for hydroxylation is 1. The van der Waals surface area contributed by atoms with Crippen LogP contribution in [0.15, 0.2) is 0 Å². The summed E-state index contributed by atoms with van der Waals surface area (Å²) in [4.78, 5) is 15.8. The van der Waals surface area contributed by atoms with Crippen molar-refractivity contribution in [3.05, 3.63) is 11.5 Å². The molecule has 0 saturated carbocycles. The molecule has 5 nitrogen and oxygen atoms in total. The molecule has 0 fully saturated rings. The molecule has 17 heavy (non-hydrogen) atoms. The van der Waals surface area contributed by atoms with Crippen molar-refractivity contribution in [2.24, 2.45) is 0 Å². The molecule has 0 aliphatic heterocycles. The third-order valence-corrected chi connectivity index (χ3v) is 2.65. The largest absolute Gasteiger partial charge is 0.461 e. The third-order valence-electron chi connectivity index (χ3n) is 2.65. The molecule has 0 unspecified atom stereocenters. The first-order valence-electron chi connectivity index (χ1n) is 6.11. The fourth-order valence-corrected chi connectivity index (χ4v) is 1.73. The molecule has 0 bridgehead atoms. The fourth-order valence-electron chi connectivity index (χ4n) is 1.73. The summed E-state index contributed by atoms with van der Waals surface area (Å²) in [5, 5.41) is 0. The molecule has 0 atom stereocenters. The zero-order chi connectivity index (χ0) is 12.8. The Bertz CT molecular complexity index is 385. The summed E-state index contributed by atoms with van der Waals surface area (Å²) in [7, 11) is 0. The van der Waals surface area contributed by atoms with E-state index < -0.39 is 5.97 Å². The van der Waals surface area contributed by atoms with Gasteiger partial charge >= 0.3 is 5.97 Å². The van der Waals surface area contributed by atoms with Crippen molar-refractivity contribution in [3.63, 3.8) is 0 Å². The predicted molar refractivity (Wildman–Crippen MR) is 66.9 cm³/mol. The van der Waals surface area contributed by atoms with Crippen LogP contribution in [0.3, 0.4) is 0 Å². The van der Waals surface area contributed by atoms with E-state index in [9.17, 15) is 4.79 Å². The van der Waals surface area contributed by atoms with Gasteiger partial charge < -0.3 is 15.0 Å². The second-order valence-corrected chi connectivity index (χ2v) is 3.97. The first kappa shape index (κ1) is 13.5. The van der Waals surface area contributed by atoms with E-state index in [0.717, 1.165) is 31.6 Å². The van der Waals surface area contributed by atoms with E-state index in [1.807, 2.05) is 11.5 Å². The van der Waals surface area contributed by atoms with Crippen LogP contribution in [0.4, 0.5) is 5.82 Å². The van der Waals surface area contributed by atoms with Gasteiger partial charge in [-0.3, -0.25) is 0 Å². The Morgan fingerprint density at radius 1 is 1.41 bits per heavy atom. The van der Waals surface area contributed by atoms with Gasteiger partial charge in [0.2, 0.25) is 0 Å². The lowest BCUT2D eigenvalue weighted by atomic mass is 10.2. The van der Waals surface area contributed by atoms with Crippen molar-refractivity contribution >= 4 is 11.8 Å². The van der Waals surface area contributed by atoms with Crippen molar-refractivity contribution in [1.29, 1.82) is 0 Å². The Kier molecular flexibility index (Phi) is 5.00. The summed E-state index contributed by atoms with van der Waals surface area (Å²) >= 11 is 0. The van der Waals surface area contributed by atoms with Gasteiger partial charge in [0.15, 0.2) is 5.69 Å². The van der Waals surface area contributed by atoms with E-state index in [0.29, 0.717) is 12.4 Å². The van der Waals surface area contributed by atoms with E-state index in [1.54, 1.807) is 6.92 Å². The van der Waals surface area contributed by atoms with Gasteiger partial charge in [-0.1, -0.05) is 19.8 Å². The number of nitrogens with two attached hydrogens (primary N) is 1. The summed E-state index contributed by atoms with van der Waals surface area (Å²) in [6, 6.07) is 0. The second-order valence-electron chi connectivity index (χ2n) is 3.97. The summed E-state index contributed by atoms with van der Waals surface area (Å²) in [5.74, 6) is 0.737. The molecule has 0 saturated heterocycles. The van der Waals surface area contributed by atoms with Gasteiger partial charge in [0.1, 0.15) is 11.6 Å². The summed E-state index contributed by atoms with van der Waals surface area (Å²) in [5.41, 5.74) is 6.15. The van der Waals surface area contributed by atoms with Crippen LogP contribution in [-0.2, 0) is 11.3 Å². The molecule has 96 valence electrons. The number of ether oxygens (including phenoxy) is 1. The van der Waals surface area contributed by atoms with Crippen molar-refractivity contribution < 1.29 is 9.53 Å². The first-order chi connectivity index (χ1) is 8.11. The molecule has 1 aromatic heterocycles. The number of nitrogen functional groups attached to an aromatic ring is 1. The minimum Gasteiger partial charge on any atom is -0.461 e. The Hall–Kier alpha value is -1.52. The van der Waals surface area contributed by atoms with E-state index in [-0.39, 0.29) is 5.69 Å². The maximum Gasteiger partial charge on any atom is 0.360 e. The van der Waals surface area contributed by atoms with Crippen LogP contribution in [0, 0.1) is 6.92 Å². The topological polar surface area (TPSA) is 70.1 Å². The lowest BCUT2D eigenvalue weighted by Gasteiger charge is -2.06. The highest BCUT2D eigenvalue weighted by atomic mass is 16.5. The Morgan fingerprint density at radius 2 is 2.12 bits per heavy atom. The van der Waals surface area contributed by atoms with Crippen LogP contribution < -0.4 is 5.73 Å². The standard InChI is InChI=1S/C12H21N3O2/c1-4-6-7-8-15-9(3)14-10(11(15)13)12(16)17-5-2/h4-8,13H2,1-3H3. The predicted octanol–water partition coefficient (Wildman–Crippen LogP) is 2.14. The number of imidazole rings is 1. The molecule has 1 rings (SSSR count). The Morgan fingerprint density at radius 3 is 2.71 bits per heavy atom. The minimum absolute atomic E-state index is 0.237. The number of esters is 1. The number of hydrogen-bond donors (Lipinski definition) is 1.